The average molecular weight is 261 g/mol. The zero-order chi connectivity index (χ0) is 13.4. The third-order valence-corrected chi connectivity index (χ3v) is 3.90. The highest BCUT2D eigenvalue weighted by molar-refractivity contribution is 5.97. The van der Waals surface area contributed by atoms with Crippen molar-refractivity contribution >= 4 is 11.6 Å². The van der Waals surface area contributed by atoms with Crippen LogP contribution in [0.5, 0.6) is 11.5 Å². The van der Waals surface area contributed by atoms with Gasteiger partial charge in [0.25, 0.3) is 0 Å². The van der Waals surface area contributed by atoms with Crippen LogP contribution in [0.3, 0.4) is 0 Å². The molecule has 3 rings (SSSR count). The zero-order valence-corrected chi connectivity index (χ0v) is 11.6. The monoisotopic (exact) mass is 261 g/mol. The van der Waals surface area contributed by atoms with Crippen LogP contribution in [0.2, 0.25) is 0 Å². The van der Waals surface area contributed by atoms with Gasteiger partial charge in [0.05, 0.1) is 25.9 Å². The number of benzene rings is 1. The first kappa shape index (κ1) is 12.1. The smallest absolute Gasteiger partial charge is 0.198 e. The molecule has 19 heavy (non-hydrogen) atoms. The third kappa shape index (κ3) is 1.80. The molecule has 102 valence electrons. The van der Waals surface area contributed by atoms with Gasteiger partial charge >= 0.3 is 0 Å². The number of aliphatic imine (C=N–C) groups is 1. The molecule has 0 aromatic heterocycles. The van der Waals surface area contributed by atoms with Crippen molar-refractivity contribution in [2.45, 2.75) is 18.9 Å². The molecule has 2 aliphatic heterocycles. The van der Waals surface area contributed by atoms with E-state index in [1.165, 1.54) is 12.0 Å². The molecule has 1 aromatic carbocycles. The highest BCUT2D eigenvalue weighted by atomic mass is 16.5. The standard InChI is InChI=1S/C14H19N3O2/c1-15-14-16-10-8-13(19-3)12(18-2)7-9(10)11-5-4-6-17(11)14/h7-8,11H,4-6H2,1-3H3,(H,15,16)/t11-/m0/s1. The Morgan fingerprint density at radius 1 is 1.26 bits per heavy atom. The topological polar surface area (TPSA) is 46.1 Å². The third-order valence-electron chi connectivity index (χ3n) is 3.90. The van der Waals surface area contributed by atoms with Crippen LogP contribution in [0.15, 0.2) is 17.1 Å². The number of hydrogen-bond donors (Lipinski definition) is 1. The molecule has 0 bridgehead atoms. The lowest BCUT2D eigenvalue weighted by molar-refractivity contribution is 0.350. The fourth-order valence-corrected chi connectivity index (χ4v) is 3.00. The summed E-state index contributed by atoms with van der Waals surface area (Å²) in [5, 5.41) is 3.38. The molecule has 0 unspecified atom stereocenters. The second kappa shape index (κ2) is 4.64. The van der Waals surface area contributed by atoms with Crippen molar-refractivity contribution < 1.29 is 9.47 Å². The lowest BCUT2D eigenvalue weighted by Crippen LogP contribution is -2.40. The Hall–Kier alpha value is -1.91. The van der Waals surface area contributed by atoms with Gasteiger partial charge < -0.3 is 19.7 Å². The van der Waals surface area contributed by atoms with Crippen LogP contribution < -0.4 is 14.8 Å². The van der Waals surface area contributed by atoms with Crippen molar-refractivity contribution in [1.82, 2.24) is 4.90 Å². The van der Waals surface area contributed by atoms with E-state index in [4.69, 9.17) is 9.47 Å². The number of guanidine groups is 1. The van der Waals surface area contributed by atoms with Crippen molar-refractivity contribution in [1.29, 1.82) is 0 Å². The Kier molecular flexibility index (Phi) is 2.97. The first-order valence-corrected chi connectivity index (χ1v) is 6.55. The highest BCUT2D eigenvalue weighted by Gasteiger charge is 2.35. The summed E-state index contributed by atoms with van der Waals surface area (Å²) >= 11 is 0. The van der Waals surface area contributed by atoms with Crippen LogP contribution in [0.1, 0.15) is 24.4 Å². The summed E-state index contributed by atoms with van der Waals surface area (Å²) < 4.78 is 10.8. The quantitative estimate of drug-likeness (QED) is 0.887. The maximum Gasteiger partial charge on any atom is 0.198 e. The van der Waals surface area contributed by atoms with Gasteiger partial charge in [-0.1, -0.05) is 0 Å². The van der Waals surface area contributed by atoms with Crippen molar-refractivity contribution in [3.63, 3.8) is 0 Å². The van der Waals surface area contributed by atoms with Crippen molar-refractivity contribution in [2.24, 2.45) is 4.99 Å². The van der Waals surface area contributed by atoms with E-state index in [1.54, 1.807) is 14.2 Å². The Morgan fingerprint density at radius 3 is 2.68 bits per heavy atom. The van der Waals surface area contributed by atoms with Crippen molar-refractivity contribution in [2.75, 3.05) is 33.1 Å². The molecule has 2 heterocycles. The number of rotatable bonds is 2. The summed E-state index contributed by atoms with van der Waals surface area (Å²) in [6.07, 6.45) is 2.35. The normalized spacial score (nSPS) is 22.8. The second-order valence-electron chi connectivity index (χ2n) is 4.82. The highest BCUT2D eigenvalue weighted by Crippen LogP contribution is 2.44. The van der Waals surface area contributed by atoms with Gasteiger partial charge in [0, 0.05) is 25.2 Å². The summed E-state index contributed by atoms with van der Waals surface area (Å²) in [6.45, 7) is 1.05. The van der Waals surface area contributed by atoms with Crippen LogP contribution in [-0.4, -0.2) is 38.7 Å². The molecule has 2 aliphatic rings. The zero-order valence-electron chi connectivity index (χ0n) is 11.6. The molecule has 0 saturated carbocycles. The van der Waals surface area contributed by atoms with Gasteiger partial charge in [-0.25, -0.2) is 0 Å². The number of ether oxygens (including phenoxy) is 2. The number of hydrogen-bond acceptors (Lipinski definition) is 3. The summed E-state index contributed by atoms with van der Waals surface area (Å²) in [5.74, 6) is 2.48. The first-order chi connectivity index (χ1) is 9.28. The van der Waals surface area contributed by atoms with E-state index in [0.717, 1.165) is 36.1 Å². The van der Waals surface area contributed by atoms with Crippen molar-refractivity contribution in [3.05, 3.63) is 17.7 Å². The predicted molar refractivity (Wildman–Crippen MR) is 75.2 cm³/mol. The molecule has 1 fully saturated rings. The van der Waals surface area contributed by atoms with E-state index < -0.39 is 0 Å². The lowest BCUT2D eigenvalue weighted by Gasteiger charge is -2.35. The molecule has 1 aromatic rings. The number of methoxy groups -OCH3 is 2. The first-order valence-electron chi connectivity index (χ1n) is 6.55. The van der Waals surface area contributed by atoms with E-state index in [0.29, 0.717) is 6.04 Å². The molecule has 1 N–H and O–H groups in total. The van der Waals surface area contributed by atoms with Crippen LogP contribution in [0.25, 0.3) is 0 Å². The van der Waals surface area contributed by atoms with Crippen LogP contribution in [-0.2, 0) is 0 Å². The van der Waals surface area contributed by atoms with Crippen LogP contribution in [0, 0.1) is 0 Å². The van der Waals surface area contributed by atoms with Gasteiger partial charge in [0.2, 0.25) is 0 Å². The molecule has 0 radical (unpaired) electrons. The fourth-order valence-electron chi connectivity index (χ4n) is 3.00. The summed E-state index contributed by atoms with van der Waals surface area (Å²) in [4.78, 5) is 6.67. The minimum atomic E-state index is 0.398. The largest absolute Gasteiger partial charge is 0.493 e. The van der Waals surface area contributed by atoms with E-state index >= 15 is 0 Å². The Balaban J connectivity index is 2.11. The predicted octanol–water partition coefficient (Wildman–Crippen LogP) is 2.25. The maximum atomic E-state index is 5.40. The summed E-state index contributed by atoms with van der Waals surface area (Å²) in [7, 11) is 5.15. The van der Waals surface area contributed by atoms with Gasteiger partial charge in [-0.2, -0.15) is 0 Å². The van der Waals surface area contributed by atoms with E-state index in [2.05, 4.69) is 21.3 Å². The molecule has 5 heteroatoms. The fraction of sp³-hybridized carbons (Fsp3) is 0.500. The molecular weight excluding hydrogens is 242 g/mol. The minimum Gasteiger partial charge on any atom is -0.493 e. The Bertz CT molecular complexity index is 528. The van der Waals surface area contributed by atoms with Gasteiger partial charge in [0.1, 0.15) is 0 Å². The minimum absolute atomic E-state index is 0.398. The number of nitrogens with zero attached hydrogens (tertiary/aromatic N) is 2. The number of nitrogens with one attached hydrogen (secondary N) is 1. The van der Waals surface area contributed by atoms with Crippen LogP contribution >= 0.6 is 0 Å². The lowest BCUT2D eigenvalue weighted by atomic mass is 9.99. The molecule has 0 aliphatic carbocycles. The maximum absolute atomic E-state index is 5.40. The summed E-state index contributed by atoms with van der Waals surface area (Å²) in [5.41, 5.74) is 2.34. The molecular formula is C14H19N3O2. The van der Waals surface area contributed by atoms with Gasteiger partial charge in [-0.15, -0.1) is 0 Å². The Morgan fingerprint density at radius 2 is 2.00 bits per heavy atom. The van der Waals surface area contributed by atoms with Gasteiger partial charge in [-0.3, -0.25) is 4.99 Å². The molecule has 1 atom stereocenters. The number of anilines is 1. The van der Waals surface area contributed by atoms with Gasteiger partial charge in [0.15, 0.2) is 17.5 Å². The van der Waals surface area contributed by atoms with Crippen LogP contribution in [0.4, 0.5) is 5.69 Å². The van der Waals surface area contributed by atoms with E-state index in [9.17, 15) is 0 Å². The second-order valence-corrected chi connectivity index (χ2v) is 4.82. The Labute approximate surface area is 113 Å². The molecule has 0 amide bonds. The molecule has 0 spiro atoms. The van der Waals surface area contributed by atoms with E-state index in [1.807, 2.05) is 13.1 Å². The summed E-state index contributed by atoms with van der Waals surface area (Å²) in [6, 6.07) is 4.47. The number of fused-ring (bicyclic) bond motifs is 3. The SMILES string of the molecule is CN=C1Nc2cc(OC)c(OC)cc2[C@@H]2CCCN12. The van der Waals surface area contributed by atoms with Crippen molar-refractivity contribution in [3.8, 4) is 11.5 Å². The van der Waals surface area contributed by atoms with E-state index in [-0.39, 0.29) is 0 Å². The molecule has 5 nitrogen and oxygen atoms in total. The van der Waals surface area contributed by atoms with Gasteiger partial charge in [-0.05, 0) is 18.9 Å². The molecule has 1 saturated heterocycles. The average Bonchev–Trinajstić information content (AvgIpc) is 2.94.